The van der Waals surface area contributed by atoms with Crippen LogP contribution < -0.4 is 4.74 Å². The first-order valence-electron chi connectivity index (χ1n) is 8.70. The quantitative estimate of drug-likeness (QED) is 0.223. The Morgan fingerprint density at radius 1 is 1.31 bits per heavy atom. The molecule has 0 spiro atoms. The minimum atomic E-state index is -1.31. The van der Waals surface area contributed by atoms with Crippen molar-refractivity contribution >= 4 is 45.6 Å². The Labute approximate surface area is 172 Å². The number of hydrogen-bond donors (Lipinski definition) is 1. The van der Waals surface area contributed by atoms with Crippen LogP contribution in [0.1, 0.15) is 12.0 Å². The monoisotopic (exact) mass is 463 g/mol. The summed E-state index contributed by atoms with van der Waals surface area (Å²) in [6.07, 6.45) is 5.80. The fourth-order valence-electron chi connectivity index (χ4n) is 4.24. The fraction of sp³-hybridized carbons (Fsp3) is 0.333. The Morgan fingerprint density at radius 2 is 1.93 bits per heavy atom. The number of halogens is 1. The van der Waals surface area contributed by atoms with E-state index in [9.17, 15) is 24.5 Å². The van der Waals surface area contributed by atoms with Gasteiger partial charge in [0.25, 0.3) is 11.8 Å². The molecule has 10 nitrogen and oxygen atoms in total. The lowest BCUT2D eigenvalue weighted by Gasteiger charge is -2.13. The third-order valence-electron chi connectivity index (χ3n) is 5.36. The molecule has 1 heterocycles. The van der Waals surface area contributed by atoms with E-state index >= 15 is 0 Å². The fourth-order valence-corrected chi connectivity index (χ4v) is 4.71. The molecule has 2 bridgehead atoms. The van der Waals surface area contributed by atoms with Gasteiger partial charge in [-0.05, 0) is 24.3 Å². The van der Waals surface area contributed by atoms with Crippen LogP contribution in [0.5, 0.6) is 5.75 Å². The van der Waals surface area contributed by atoms with Gasteiger partial charge in [0.2, 0.25) is 5.75 Å². The highest BCUT2D eigenvalue weighted by molar-refractivity contribution is 9.10. The summed E-state index contributed by atoms with van der Waals surface area (Å²) in [5.41, 5.74) is -0.411. The van der Waals surface area contributed by atoms with Gasteiger partial charge in [0.1, 0.15) is 0 Å². The molecule has 4 unspecified atom stereocenters. The predicted octanol–water partition coefficient (Wildman–Crippen LogP) is 1.96. The number of amides is 2. The summed E-state index contributed by atoms with van der Waals surface area (Å²) in [4.78, 5) is 46.8. The van der Waals surface area contributed by atoms with Gasteiger partial charge in [-0.2, -0.15) is 10.1 Å². The number of benzene rings is 1. The molecular formula is C18H14BrN3O7. The second-order valence-electron chi connectivity index (χ2n) is 7.02. The van der Waals surface area contributed by atoms with E-state index in [0.717, 1.165) is 23.7 Å². The first kappa shape index (κ1) is 19.2. The summed E-state index contributed by atoms with van der Waals surface area (Å²) in [7, 11) is 0. The molecule has 2 aliphatic carbocycles. The van der Waals surface area contributed by atoms with Crippen LogP contribution in [-0.4, -0.2) is 45.6 Å². The summed E-state index contributed by atoms with van der Waals surface area (Å²) in [5, 5.41) is 24.9. The first-order chi connectivity index (χ1) is 13.8. The van der Waals surface area contributed by atoms with E-state index in [4.69, 9.17) is 9.84 Å². The summed E-state index contributed by atoms with van der Waals surface area (Å²) >= 11 is 3.14. The van der Waals surface area contributed by atoms with Crippen LogP contribution in [0.15, 0.2) is 33.9 Å². The summed E-state index contributed by atoms with van der Waals surface area (Å²) in [5.74, 6) is -3.21. The summed E-state index contributed by atoms with van der Waals surface area (Å²) < 4.78 is 5.41. The lowest BCUT2D eigenvalue weighted by Crippen LogP contribution is -2.28. The number of carbonyl (C=O) groups is 3. The van der Waals surface area contributed by atoms with E-state index in [0.29, 0.717) is 4.47 Å². The van der Waals surface area contributed by atoms with Crippen molar-refractivity contribution in [3.8, 4) is 5.75 Å². The van der Waals surface area contributed by atoms with Gasteiger partial charge >= 0.3 is 11.7 Å². The van der Waals surface area contributed by atoms with E-state index in [2.05, 4.69) is 21.0 Å². The number of hydrogen-bond acceptors (Lipinski definition) is 7. The number of hydrazone groups is 1. The molecule has 0 radical (unpaired) electrons. The maximum absolute atomic E-state index is 12.7. The van der Waals surface area contributed by atoms with E-state index in [-0.39, 0.29) is 23.1 Å². The topological polar surface area (TPSA) is 139 Å². The molecule has 4 rings (SSSR count). The number of carbonyl (C=O) groups excluding carboxylic acids is 2. The van der Waals surface area contributed by atoms with Gasteiger partial charge in [-0.15, -0.1) is 0 Å². The number of carboxylic acid groups (broad SMARTS) is 1. The third kappa shape index (κ3) is 3.20. The van der Waals surface area contributed by atoms with Gasteiger partial charge in [-0.3, -0.25) is 19.7 Å². The molecule has 1 aliphatic heterocycles. The number of nitro benzene ring substituents is 1. The molecule has 1 saturated carbocycles. The Bertz CT molecular complexity index is 975. The Hall–Kier alpha value is -3.08. The van der Waals surface area contributed by atoms with Gasteiger partial charge in [0.15, 0.2) is 6.61 Å². The second-order valence-corrected chi connectivity index (χ2v) is 7.93. The lowest BCUT2D eigenvalue weighted by atomic mass is 9.85. The number of imide groups is 1. The number of rotatable bonds is 6. The van der Waals surface area contributed by atoms with Gasteiger partial charge in [-0.25, -0.2) is 4.79 Å². The molecule has 2 amide bonds. The molecule has 1 aromatic rings. The van der Waals surface area contributed by atoms with Crippen molar-refractivity contribution in [1.82, 2.24) is 5.01 Å². The molecule has 1 saturated heterocycles. The highest BCUT2D eigenvalue weighted by Crippen LogP contribution is 2.52. The smallest absolute Gasteiger partial charge is 0.341 e. The minimum Gasteiger partial charge on any atom is -0.479 e. The highest BCUT2D eigenvalue weighted by atomic mass is 79.9. The van der Waals surface area contributed by atoms with E-state index < -0.39 is 46.8 Å². The largest absolute Gasteiger partial charge is 0.479 e. The number of fused-ring (bicyclic) bond motifs is 5. The van der Waals surface area contributed by atoms with Crippen LogP contribution in [0.2, 0.25) is 0 Å². The van der Waals surface area contributed by atoms with E-state index in [1.54, 1.807) is 0 Å². The maximum atomic E-state index is 12.7. The molecular weight excluding hydrogens is 450 g/mol. The summed E-state index contributed by atoms with van der Waals surface area (Å²) in [6, 6.07) is 2.58. The van der Waals surface area contributed by atoms with Crippen LogP contribution in [0.3, 0.4) is 0 Å². The second kappa shape index (κ2) is 7.07. The predicted molar refractivity (Wildman–Crippen MR) is 101 cm³/mol. The zero-order valence-electron chi connectivity index (χ0n) is 14.7. The molecule has 150 valence electrons. The molecule has 11 heteroatoms. The van der Waals surface area contributed by atoms with Gasteiger partial charge < -0.3 is 9.84 Å². The standard InChI is InChI=1S/C18H14BrN3O7/c19-11-4-10(16(29-7-13(23)24)12(5-11)22(27)28)6-20-21-17(25)14-8-1-2-9(3-8)15(14)18(21)26/h1-2,4-6,8-9,14-15H,3,7H2,(H,23,24). The molecule has 1 aromatic carbocycles. The van der Waals surface area contributed by atoms with Gasteiger partial charge in [-0.1, -0.05) is 28.1 Å². The van der Waals surface area contributed by atoms with Crippen LogP contribution in [0.25, 0.3) is 0 Å². The van der Waals surface area contributed by atoms with E-state index in [1.165, 1.54) is 6.07 Å². The number of carboxylic acids is 1. The number of aliphatic carboxylic acids is 1. The molecule has 2 fully saturated rings. The normalized spacial score (nSPS) is 27.1. The number of nitrogens with zero attached hydrogens (tertiary/aromatic N) is 3. The van der Waals surface area contributed by atoms with Gasteiger partial charge in [0.05, 0.1) is 23.0 Å². The Kier molecular flexibility index (Phi) is 4.69. The average molecular weight is 464 g/mol. The number of ether oxygens (including phenoxy) is 1. The minimum absolute atomic E-state index is 0.0306. The van der Waals surface area contributed by atoms with Crippen molar-refractivity contribution in [2.75, 3.05) is 6.61 Å². The van der Waals surface area contributed by atoms with Crippen molar-refractivity contribution in [1.29, 1.82) is 0 Å². The van der Waals surface area contributed by atoms with E-state index in [1.807, 2.05) is 12.2 Å². The van der Waals surface area contributed by atoms with Crippen molar-refractivity contribution in [3.05, 3.63) is 44.4 Å². The van der Waals surface area contributed by atoms with Crippen molar-refractivity contribution in [2.24, 2.45) is 28.8 Å². The molecule has 29 heavy (non-hydrogen) atoms. The highest BCUT2D eigenvalue weighted by Gasteiger charge is 2.59. The zero-order chi connectivity index (χ0) is 20.9. The van der Waals surface area contributed by atoms with Crippen molar-refractivity contribution < 1.29 is 29.2 Å². The Morgan fingerprint density at radius 3 is 2.48 bits per heavy atom. The molecule has 4 atom stereocenters. The molecule has 0 aromatic heterocycles. The summed E-state index contributed by atoms with van der Waals surface area (Å²) in [6.45, 7) is -0.802. The SMILES string of the molecule is O=C(O)COc1c(C=NN2C(=O)C3C4C=CC(C4)C3C2=O)cc(Br)cc1[N+](=O)[O-]. The Balaban J connectivity index is 1.66. The van der Waals surface area contributed by atoms with Crippen LogP contribution >= 0.6 is 15.9 Å². The lowest BCUT2D eigenvalue weighted by molar-refractivity contribution is -0.385. The molecule has 3 aliphatic rings. The molecule has 1 N–H and O–H groups in total. The van der Waals surface area contributed by atoms with Crippen molar-refractivity contribution in [3.63, 3.8) is 0 Å². The van der Waals surface area contributed by atoms with Crippen LogP contribution in [0.4, 0.5) is 5.69 Å². The van der Waals surface area contributed by atoms with Crippen LogP contribution in [0, 0.1) is 33.8 Å². The first-order valence-corrected chi connectivity index (χ1v) is 9.50. The van der Waals surface area contributed by atoms with Crippen molar-refractivity contribution in [2.45, 2.75) is 6.42 Å². The maximum Gasteiger partial charge on any atom is 0.341 e. The average Bonchev–Trinajstić information content (AvgIpc) is 3.33. The third-order valence-corrected chi connectivity index (χ3v) is 5.82. The van der Waals surface area contributed by atoms with Gasteiger partial charge in [0, 0.05) is 16.1 Å². The van der Waals surface area contributed by atoms with Crippen LogP contribution in [-0.2, 0) is 14.4 Å². The number of nitro groups is 1. The number of allylic oxidation sites excluding steroid dienone is 2. The zero-order valence-corrected chi connectivity index (χ0v) is 16.3.